The monoisotopic (exact) mass is 212 g/mol. The lowest BCUT2D eigenvalue weighted by Crippen LogP contribution is -2.04. The maximum Gasteiger partial charge on any atom is 0.194 e. The van der Waals surface area contributed by atoms with Crippen LogP contribution in [0.15, 0.2) is 34.7 Å². The van der Waals surface area contributed by atoms with E-state index in [0.717, 1.165) is 24.2 Å². The molecule has 0 amide bonds. The number of hydrogen-bond donors (Lipinski definition) is 0. The zero-order chi connectivity index (χ0) is 11.1. The van der Waals surface area contributed by atoms with Crippen LogP contribution < -0.4 is 0 Å². The lowest BCUT2D eigenvalue weighted by atomic mass is 9.91. The van der Waals surface area contributed by atoms with Crippen LogP contribution in [-0.4, -0.2) is 5.78 Å². The number of carbonyl (C=O) groups excluding carboxylic acids is 1. The molecule has 0 atom stereocenters. The Balaban J connectivity index is 2.06. The van der Waals surface area contributed by atoms with Crippen molar-refractivity contribution in [3.8, 4) is 0 Å². The Morgan fingerprint density at radius 3 is 2.50 bits per heavy atom. The molecule has 1 aliphatic rings. The van der Waals surface area contributed by atoms with Crippen LogP contribution in [0, 0.1) is 0 Å². The van der Waals surface area contributed by atoms with Crippen LogP contribution in [0.4, 0.5) is 0 Å². The highest BCUT2D eigenvalue weighted by Gasteiger charge is 2.20. The van der Waals surface area contributed by atoms with Crippen LogP contribution in [0.5, 0.6) is 0 Å². The molecule has 2 aromatic rings. The average molecular weight is 212 g/mol. The first-order chi connectivity index (χ1) is 7.74. The van der Waals surface area contributed by atoms with E-state index in [4.69, 9.17) is 4.42 Å². The highest BCUT2D eigenvalue weighted by atomic mass is 16.3. The van der Waals surface area contributed by atoms with Crippen LogP contribution in [0.2, 0.25) is 0 Å². The molecular weight excluding hydrogens is 200 g/mol. The summed E-state index contributed by atoms with van der Waals surface area (Å²) in [7, 11) is 0. The van der Waals surface area contributed by atoms with Crippen molar-refractivity contribution in [3.05, 3.63) is 58.5 Å². The topological polar surface area (TPSA) is 30.2 Å². The third kappa shape index (κ3) is 1.38. The van der Waals surface area contributed by atoms with Gasteiger partial charge in [0.1, 0.15) is 5.76 Å². The van der Waals surface area contributed by atoms with E-state index in [1.165, 1.54) is 18.1 Å². The number of ketones is 1. The number of hydrogen-bond acceptors (Lipinski definition) is 2. The molecule has 0 saturated carbocycles. The highest BCUT2D eigenvalue weighted by molar-refractivity contribution is 5.91. The number of Topliss-reactive ketones (excluding diaryl/α,β-unsaturated/α-hetero) is 1. The van der Waals surface area contributed by atoms with Gasteiger partial charge in [0.2, 0.25) is 0 Å². The van der Waals surface area contributed by atoms with Gasteiger partial charge in [-0.2, -0.15) is 0 Å². The van der Waals surface area contributed by atoms with Crippen molar-refractivity contribution in [2.75, 3.05) is 0 Å². The summed E-state index contributed by atoms with van der Waals surface area (Å²) in [5.41, 5.74) is 3.80. The molecule has 80 valence electrons. The number of furan rings is 1. The molecule has 1 aromatic carbocycles. The molecule has 0 unspecified atom stereocenters. The van der Waals surface area contributed by atoms with E-state index in [1.807, 2.05) is 12.1 Å². The first kappa shape index (κ1) is 9.40. The van der Waals surface area contributed by atoms with E-state index < -0.39 is 0 Å². The largest absolute Gasteiger partial charge is 0.457 e. The standard InChI is InChI=1S/C14H12O2/c1-9(15)13-8-12-6-10-4-2-3-5-11(10)7-14(12)16-13/h2-5,8H,6-7H2,1H3. The van der Waals surface area contributed by atoms with E-state index in [0.29, 0.717) is 5.76 Å². The van der Waals surface area contributed by atoms with E-state index in [9.17, 15) is 4.79 Å². The average Bonchev–Trinajstić information content (AvgIpc) is 2.68. The van der Waals surface area contributed by atoms with Gasteiger partial charge in [-0.25, -0.2) is 0 Å². The van der Waals surface area contributed by atoms with Crippen LogP contribution in [0.25, 0.3) is 0 Å². The fourth-order valence-electron chi connectivity index (χ4n) is 2.22. The third-order valence-corrected chi connectivity index (χ3v) is 3.09. The Morgan fingerprint density at radius 1 is 1.12 bits per heavy atom. The summed E-state index contributed by atoms with van der Waals surface area (Å²) in [6, 6.07) is 10.2. The highest BCUT2D eigenvalue weighted by Crippen LogP contribution is 2.29. The van der Waals surface area contributed by atoms with Crippen molar-refractivity contribution in [3.63, 3.8) is 0 Å². The summed E-state index contributed by atoms with van der Waals surface area (Å²) >= 11 is 0. The maximum atomic E-state index is 11.2. The predicted octanol–water partition coefficient (Wildman–Crippen LogP) is 2.98. The summed E-state index contributed by atoms with van der Waals surface area (Å²) in [5.74, 6) is 1.43. The van der Waals surface area contributed by atoms with E-state index >= 15 is 0 Å². The van der Waals surface area contributed by atoms with Gasteiger partial charge in [0.15, 0.2) is 11.5 Å². The van der Waals surface area contributed by atoms with Crippen molar-refractivity contribution in [1.29, 1.82) is 0 Å². The third-order valence-electron chi connectivity index (χ3n) is 3.09. The van der Waals surface area contributed by atoms with Crippen LogP contribution in [0.3, 0.4) is 0 Å². The molecule has 2 nitrogen and oxygen atoms in total. The van der Waals surface area contributed by atoms with Crippen LogP contribution in [-0.2, 0) is 12.8 Å². The quantitative estimate of drug-likeness (QED) is 0.580. The number of carbonyl (C=O) groups is 1. The van der Waals surface area contributed by atoms with E-state index in [2.05, 4.69) is 18.2 Å². The molecule has 1 aromatic heterocycles. The second-order valence-corrected chi connectivity index (χ2v) is 4.24. The van der Waals surface area contributed by atoms with Gasteiger partial charge in [-0.05, 0) is 22.8 Å². The molecular formula is C14H12O2. The van der Waals surface area contributed by atoms with Crippen LogP contribution in [0.1, 0.15) is 39.9 Å². The van der Waals surface area contributed by atoms with Crippen molar-refractivity contribution in [1.82, 2.24) is 0 Å². The summed E-state index contributed by atoms with van der Waals surface area (Å²) in [5, 5.41) is 0. The van der Waals surface area contributed by atoms with Gasteiger partial charge in [-0.15, -0.1) is 0 Å². The SMILES string of the molecule is CC(=O)c1cc2c(o1)Cc1ccccc1C2. The smallest absolute Gasteiger partial charge is 0.194 e. The van der Waals surface area contributed by atoms with Crippen LogP contribution >= 0.6 is 0 Å². The lowest BCUT2D eigenvalue weighted by Gasteiger charge is -2.14. The minimum atomic E-state index is -0.00143. The number of rotatable bonds is 1. The van der Waals surface area contributed by atoms with Gasteiger partial charge in [0.05, 0.1) is 0 Å². The van der Waals surface area contributed by atoms with Gasteiger partial charge in [0, 0.05) is 19.8 Å². The summed E-state index contributed by atoms with van der Waals surface area (Å²) in [6.07, 6.45) is 1.68. The molecule has 0 radical (unpaired) electrons. The molecule has 1 heterocycles. The Morgan fingerprint density at radius 2 is 1.81 bits per heavy atom. The number of benzene rings is 1. The Hall–Kier alpha value is -1.83. The first-order valence-electron chi connectivity index (χ1n) is 5.43. The zero-order valence-corrected chi connectivity index (χ0v) is 9.12. The molecule has 0 N–H and O–H groups in total. The molecule has 0 bridgehead atoms. The Bertz CT molecular complexity index is 521. The van der Waals surface area contributed by atoms with Gasteiger partial charge < -0.3 is 4.42 Å². The van der Waals surface area contributed by atoms with E-state index in [-0.39, 0.29) is 5.78 Å². The van der Waals surface area contributed by atoms with Gasteiger partial charge in [-0.1, -0.05) is 24.3 Å². The van der Waals surface area contributed by atoms with Gasteiger partial charge >= 0.3 is 0 Å². The molecule has 2 heteroatoms. The van der Waals surface area contributed by atoms with E-state index in [1.54, 1.807) is 0 Å². The molecule has 0 fully saturated rings. The second-order valence-electron chi connectivity index (χ2n) is 4.24. The second kappa shape index (κ2) is 3.34. The maximum absolute atomic E-state index is 11.2. The zero-order valence-electron chi connectivity index (χ0n) is 9.12. The summed E-state index contributed by atoms with van der Waals surface area (Å²) in [6.45, 7) is 1.54. The fraction of sp³-hybridized carbons (Fsp3) is 0.214. The van der Waals surface area contributed by atoms with Crippen molar-refractivity contribution < 1.29 is 9.21 Å². The predicted molar refractivity (Wildman–Crippen MR) is 60.8 cm³/mol. The molecule has 0 saturated heterocycles. The molecule has 16 heavy (non-hydrogen) atoms. The van der Waals surface area contributed by atoms with Gasteiger partial charge in [0.25, 0.3) is 0 Å². The van der Waals surface area contributed by atoms with Crippen molar-refractivity contribution in [2.24, 2.45) is 0 Å². The molecule has 3 rings (SSSR count). The van der Waals surface area contributed by atoms with Gasteiger partial charge in [-0.3, -0.25) is 4.79 Å². The van der Waals surface area contributed by atoms with Crippen molar-refractivity contribution >= 4 is 5.78 Å². The summed E-state index contributed by atoms with van der Waals surface area (Å²) in [4.78, 5) is 11.2. The minimum Gasteiger partial charge on any atom is -0.457 e. The minimum absolute atomic E-state index is 0.00143. The lowest BCUT2D eigenvalue weighted by molar-refractivity contribution is 0.0985. The molecule has 1 aliphatic carbocycles. The fourth-order valence-corrected chi connectivity index (χ4v) is 2.22. The van der Waals surface area contributed by atoms with Crippen molar-refractivity contribution in [2.45, 2.75) is 19.8 Å². The molecule has 0 aliphatic heterocycles. The first-order valence-corrected chi connectivity index (χ1v) is 5.43. The normalized spacial score (nSPS) is 13.1. The Labute approximate surface area is 93.9 Å². The summed E-state index contributed by atoms with van der Waals surface area (Å²) < 4.78 is 5.57. The Kier molecular flexibility index (Phi) is 1.96. The molecule has 0 spiro atoms. The number of fused-ring (bicyclic) bond motifs is 2.